The quantitative estimate of drug-likeness (QED) is 0.541. The van der Waals surface area contributed by atoms with Crippen molar-refractivity contribution in [3.05, 3.63) is 71.8 Å². The summed E-state index contributed by atoms with van der Waals surface area (Å²) >= 11 is 9.96. The van der Waals surface area contributed by atoms with E-state index in [-0.39, 0.29) is 0 Å². The zero-order chi connectivity index (χ0) is 12.1. The predicted octanol–water partition coefficient (Wildman–Crippen LogP) is 5.19. The van der Waals surface area contributed by atoms with Gasteiger partial charge in [-0.05, 0) is 16.7 Å². The van der Waals surface area contributed by atoms with E-state index in [4.69, 9.17) is 11.6 Å². The molecule has 2 rings (SSSR count). The van der Waals surface area contributed by atoms with Crippen LogP contribution >= 0.6 is 27.5 Å². The van der Waals surface area contributed by atoms with Crippen LogP contribution in [0, 0.1) is 0 Å². The first-order valence-corrected chi connectivity index (χ1v) is 6.88. The molecule has 2 aromatic rings. The van der Waals surface area contributed by atoms with Crippen LogP contribution in [0.5, 0.6) is 0 Å². The molecule has 0 amide bonds. The molecule has 86 valence electrons. The highest BCUT2D eigenvalue weighted by Gasteiger charge is 2.07. The second kappa shape index (κ2) is 6.04. The van der Waals surface area contributed by atoms with Gasteiger partial charge in [-0.3, -0.25) is 0 Å². The Morgan fingerprint density at radius 2 is 1.29 bits per heavy atom. The third-order valence-electron chi connectivity index (χ3n) is 2.55. The summed E-state index contributed by atoms with van der Waals surface area (Å²) in [6.07, 6.45) is 0. The van der Waals surface area contributed by atoms with Crippen molar-refractivity contribution < 1.29 is 0 Å². The molecule has 0 fully saturated rings. The van der Waals surface area contributed by atoms with E-state index in [9.17, 15) is 0 Å². The lowest BCUT2D eigenvalue weighted by atomic mass is 10.0. The largest absolute Gasteiger partial charge is 0.0875 e. The number of halogens is 2. The summed E-state index contributed by atoms with van der Waals surface area (Å²) in [7, 11) is 0. The Labute approximate surface area is 115 Å². The van der Waals surface area contributed by atoms with Crippen LogP contribution in [-0.4, -0.2) is 5.33 Å². The molecule has 2 heteroatoms. The maximum absolute atomic E-state index is 6.46. The van der Waals surface area contributed by atoms with Gasteiger partial charge in [0.05, 0.1) is 5.03 Å². The van der Waals surface area contributed by atoms with Gasteiger partial charge in [0.1, 0.15) is 0 Å². The fourth-order valence-electron chi connectivity index (χ4n) is 1.66. The van der Waals surface area contributed by atoms with Crippen LogP contribution in [0.25, 0.3) is 10.6 Å². The topological polar surface area (TPSA) is 0 Å². The van der Waals surface area contributed by atoms with Gasteiger partial charge in [-0.1, -0.05) is 88.2 Å². The minimum Gasteiger partial charge on any atom is -0.0875 e. The normalized spacial score (nSPS) is 12.1. The zero-order valence-corrected chi connectivity index (χ0v) is 11.6. The first kappa shape index (κ1) is 12.4. The van der Waals surface area contributed by atoms with E-state index in [0.29, 0.717) is 0 Å². The van der Waals surface area contributed by atoms with Crippen LogP contribution in [0.2, 0.25) is 0 Å². The molecule has 17 heavy (non-hydrogen) atoms. The molecule has 0 aliphatic carbocycles. The maximum Gasteiger partial charge on any atom is 0.0524 e. The molecule has 0 radical (unpaired) electrons. The number of rotatable bonds is 3. The van der Waals surface area contributed by atoms with Crippen LogP contribution in [0.1, 0.15) is 11.1 Å². The van der Waals surface area contributed by atoms with E-state index in [0.717, 1.165) is 27.1 Å². The Kier molecular flexibility index (Phi) is 4.41. The number of alkyl halides is 1. The molecule has 0 saturated carbocycles. The van der Waals surface area contributed by atoms with E-state index in [1.54, 1.807) is 0 Å². The third-order valence-corrected chi connectivity index (χ3v) is 3.56. The van der Waals surface area contributed by atoms with Crippen molar-refractivity contribution in [3.8, 4) is 0 Å². The van der Waals surface area contributed by atoms with E-state index in [1.165, 1.54) is 0 Å². The first-order chi connectivity index (χ1) is 8.33. The van der Waals surface area contributed by atoms with E-state index in [2.05, 4.69) is 28.1 Å². The van der Waals surface area contributed by atoms with Crippen LogP contribution in [0.3, 0.4) is 0 Å². The van der Waals surface area contributed by atoms with Gasteiger partial charge < -0.3 is 0 Å². The second-order valence-electron chi connectivity index (χ2n) is 3.66. The number of hydrogen-bond donors (Lipinski definition) is 0. The van der Waals surface area contributed by atoms with Gasteiger partial charge in [0.15, 0.2) is 0 Å². The number of benzene rings is 2. The molecule has 0 aromatic heterocycles. The summed E-state index contributed by atoms with van der Waals surface area (Å²) in [6.45, 7) is 0. The molecular formula is C15H12BrCl. The summed E-state index contributed by atoms with van der Waals surface area (Å²) in [5.74, 6) is 0. The fourth-order valence-corrected chi connectivity index (χ4v) is 2.73. The summed E-state index contributed by atoms with van der Waals surface area (Å²) in [5, 5.41) is 1.54. The van der Waals surface area contributed by atoms with Crippen LogP contribution < -0.4 is 0 Å². The molecule has 0 nitrogen and oxygen atoms in total. The Bertz CT molecular complexity index is 503. The Morgan fingerprint density at radius 3 is 1.76 bits per heavy atom. The van der Waals surface area contributed by atoms with Crippen molar-refractivity contribution in [1.29, 1.82) is 0 Å². The van der Waals surface area contributed by atoms with Crippen LogP contribution in [-0.2, 0) is 0 Å². The highest BCUT2D eigenvalue weighted by Crippen LogP contribution is 2.30. The number of hydrogen-bond acceptors (Lipinski definition) is 0. The highest BCUT2D eigenvalue weighted by molar-refractivity contribution is 9.09. The lowest BCUT2D eigenvalue weighted by Crippen LogP contribution is -1.89. The molecule has 0 unspecified atom stereocenters. The zero-order valence-electron chi connectivity index (χ0n) is 9.24. The third kappa shape index (κ3) is 2.99. The van der Waals surface area contributed by atoms with Crippen molar-refractivity contribution in [2.45, 2.75) is 0 Å². The summed E-state index contributed by atoms with van der Waals surface area (Å²) < 4.78 is 0. The fraction of sp³-hybridized carbons (Fsp3) is 0.0667. The first-order valence-electron chi connectivity index (χ1n) is 5.38. The van der Waals surface area contributed by atoms with Crippen molar-refractivity contribution in [2.24, 2.45) is 0 Å². The molecule has 2 aromatic carbocycles. The SMILES string of the molecule is ClC(=C(CBr)c1ccccc1)c1ccccc1. The lowest BCUT2D eigenvalue weighted by Gasteiger charge is -2.08. The van der Waals surface area contributed by atoms with E-state index >= 15 is 0 Å². The van der Waals surface area contributed by atoms with Gasteiger partial charge >= 0.3 is 0 Å². The van der Waals surface area contributed by atoms with Gasteiger partial charge in [0, 0.05) is 5.33 Å². The molecule has 0 aliphatic rings. The molecule has 0 N–H and O–H groups in total. The van der Waals surface area contributed by atoms with Gasteiger partial charge in [-0.25, -0.2) is 0 Å². The number of allylic oxidation sites excluding steroid dienone is 1. The van der Waals surface area contributed by atoms with Crippen molar-refractivity contribution in [2.75, 3.05) is 5.33 Å². The lowest BCUT2D eigenvalue weighted by molar-refractivity contribution is 1.58. The standard InChI is InChI=1S/C15H12BrCl/c16-11-14(12-7-3-1-4-8-12)15(17)13-9-5-2-6-10-13/h1-10H,11H2. The van der Waals surface area contributed by atoms with E-state index in [1.807, 2.05) is 48.5 Å². The highest BCUT2D eigenvalue weighted by atomic mass is 79.9. The summed E-state index contributed by atoms with van der Waals surface area (Å²) in [4.78, 5) is 0. The molecular weight excluding hydrogens is 296 g/mol. The second-order valence-corrected chi connectivity index (χ2v) is 4.60. The Balaban J connectivity index is 2.48. The maximum atomic E-state index is 6.46. The van der Waals surface area contributed by atoms with Crippen LogP contribution in [0.4, 0.5) is 0 Å². The van der Waals surface area contributed by atoms with Crippen molar-refractivity contribution in [1.82, 2.24) is 0 Å². The minimum atomic E-state index is 0.741. The van der Waals surface area contributed by atoms with Gasteiger partial charge in [-0.2, -0.15) is 0 Å². The van der Waals surface area contributed by atoms with Gasteiger partial charge in [0.2, 0.25) is 0 Å². The average Bonchev–Trinajstić information content (AvgIpc) is 2.42. The molecule has 0 heterocycles. The monoisotopic (exact) mass is 306 g/mol. The van der Waals surface area contributed by atoms with Crippen LogP contribution in [0.15, 0.2) is 60.7 Å². The predicted molar refractivity (Wildman–Crippen MR) is 79.3 cm³/mol. The smallest absolute Gasteiger partial charge is 0.0524 e. The molecule has 0 atom stereocenters. The summed E-state index contributed by atoms with van der Waals surface area (Å²) in [5.41, 5.74) is 3.31. The van der Waals surface area contributed by atoms with Gasteiger partial charge in [0.25, 0.3) is 0 Å². The Hall–Kier alpha value is -1.05. The van der Waals surface area contributed by atoms with Gasteiger partial charge in [-0.15, -0.1) is 0 Å². The van der Waals surface area contributed by atoms with Crippen molar-refractivity contribution in [3.63, 3.8) is 0 Å². The molecule has 0 aliphatic heterocycles. The minimum absolute atomic E-state index is 0.741. The summed E-state index contributed by atoms with van der Waals surface area (Å²) in [6, 6.07) is 20.2. The molecule has 0 bridgehead atoms. The van der Waals surface area contributed by atoms with E-state index < -0.39 is 0 Å². The van der Waals surface area contributed by atoms with Crippen molar-refractivity contribution >= 4 is 38.1 Å². The Morgan fingerprint density at radius 1 is 0.824 bits per heavy atom. The average molecular weight is 308 g/mol. The molecule has 0 spiro atoms. The molecule has 0 saturated heterocycles.